The first kappa shape index (κ1) is 17.0. The Labute approximate surface area is 122 Å². The molecule has 0 saturated heterocycles. The van der Waals surface area contributed by atoms with Gasteiger partial charge in [-0.2, -0.15) is 0 Å². The summed E-state index contributed by atoms with van der Waals surface area (Å²) in [5.74, 6) is -0.0177. The van der Waals surface area contributed by atoms with Crippen molar-refractivity contribution < 1.29 is 14.7 Å². The van der Waals surface area contributed by atoms with Crippen molar-refractivity contribution in [1.29, 1.82) is 0 Å². The highest BCUT2D eigenvalue weighted by atomic mass is 16.4. The molecule has 0 heterocycles. The molecule has 2 N–H and O–H groups in total. The number of carboxylic acid groups (broad SMARTS) is 1. The minimum absolute atomic E-state index is 0.0759. The highest BCUT2D eigenvalue weighted by Crippen LogP contribution is 2.36. The topological polar surface area (TPSA) is 66.4 Å². The Balaban J connectivity index is 2.59. The van der Waals surface area contributed by atoms with Crippen molar-refractivity contribution in [2.24, 2.45) is 35.5 Å². The van der Waals surface area contributed by atoms with Crippen LogP contribution in [0.3, 0.4) is 0 Å². The lowest BCUT2D eigenvalue weighted by atomic mass is 9.85. The van der Waals surface area contributed by atoms with Gasteiger partial charge in [0.05, 0.1) is 11.8 Å². The van der Waals surface area contributed by atoms with E-state index in [9.17, 15) is 14.7 Å². The van der Waals surface area contributed by atoms with Gasteiger partial charge in [0.2, 0.25) is 5.91 Å². The fourth-order valence-electron chi connectivity index (χ4n) is 3.45. The lowest BCUT2D eigenvalue weighted by Crippen LogP contribution is -2.39. The van der Waals surface area contributed by atoms with E-state index in [1.807, 2.05) is 6.92 Å². The first-order valence-corrected chi connectivity index (χ1v) is 7.74. The van der Waals surface area contributed by atoms with E-state index in [1.165, 1.54) is 0 Å². The molecule has 1 fully saturated rings. The third-order valence-electron chi connectivity index (χ3n) is 4.68. The van der Waals surface area contributed by atoms with Gasteiger partial charge in [-0.25, -0.2) is 0 Å². The number of hydrogen-bond acceptors (Lipinski definition) is 2. The second-order valence-corrected chi connectivity index (χ2v) is 7.02. The van der Waals surface area contributed by atoms with E-state index in [1.54, 1.807) is 0 Å². The van der Waals surface area contributed by atoms with Crippen LogP contribution in [-0.4, -0.2) is 23.5 Å². The smallest absolute Gasteiger partial charge is 0.307 e. The monoisotopic (exact) mass is 283 g/mol. The van der Waals surface area contributed by atoms with E-state index >= 15 is 0 Å². The van der Waals surface area contributed by atoms with E-state index < -0.39 is 11.9 Å². The van der Waals surface area contributed by atoms with Crippen molar-refractivity contribution in [3.63, 3.8) is 0 Å². The molecule has 3 unspecified atom stereocenters. The number of rotatable bonds is 6. The van der Waals surface area contributed by atoms with Crippen molar-refractivity contribution in [3.8, 4) is 0 Å². The van der Waals surface area contributed by atoms with Crippen LogP contribution in [-0.2, 0) is 9.59 Å². The number of aliphatic carboxylic acids is 1. The average molecular weight is 283 g/mol. The minimum Gasteiger partial charge on any atom is -0.481 e. The fraction of sp³-hybridized carbons (Fsp3) is 0.875. The van der Waals surface area contributed by atoms with Gasteiger partial charge in [-0.15, -0.1) is 0 Å². The predicted molar refractivity (Wildman–Crippen MR) is 79.2 cm³/mol. The SMILES string of the molecule is CC1CC(C(=O)O)C(C(=O)NCC(C(C)C)C(C)C)C1. The molecule has 3 atom stereocenters. The molecule has 4 nitrogen and oxygen atoms in total. The van der Waals surface area contributed by atoms with E-state index in [2.05, 4.69) is 33.0 Å². The van der Waals surface area contributed by atoms with Crippen molar-refractivity contribution in [2.45, 2.75) is 47.5 Å². The van der Waals surface area contributed by atoms with Crippen LogP contribution >= 0.6 is 0 Å². The molecule has 0 aliphatic heterocycles. The summed E-state index contributed by atoms with van der Waals surface area (Å²) in [6.45, 7) is 11.3. The van der Waals surface area contributed by atoms with E-state index in [0.717, 1.165) is 0 Å². The van der Waals surface area contributed by atoms with Gasteiger partial charge in [-0.3, -0.25) is 9.59 Å². The van der Waals surface area contributed by atoms with Gasteiger partial charge in [0.25, 0.3) is 0 Å². The van der Waals surface area contributed by atoms with Crippen LogP contribution in [0.5, 0.6) is 0 Å². The summed E-state index contributed by atoms with van der Waals surface area (Å²) < 4.78 is 0. The Hall–Kier alpha value is -1.06. The van der Waals surface area contributed by atoms with E-state index in [4.69, 9.17) is 0 Å². The van der Waals surface area contributed by atoms with E-state index in [0.29, 0.717) is 43.1 Å². The maximum Gasteiger partial charge on any atom is 0.307 e. The van der Waals surface area contributed by atoms with Crippen molar-refractivity contribution in [1.82, 2.24) is 5.32 Å². The van der Waals surface area contributed by atoms with Gasteiger partial charge in [-0.05, 0) is 36.5 Å². The minimum atomic E-state index is -0.834. The molecule has 20 heavy (non-hydrogen) atoms. The van der Waals surface area contributed by atoms with Crippen LogP contribution in [0.25, 0.3) is 0 Å². The quantitative estimate of drug-likeness (QED) is 0.787. The summed E-state index contributed by atoms with van der Waals surface area (Å²) in [6, 6.07) is 0. The number of carbonyl (C=O) groups is 2. The summed E-state index contributed by atoms with van der Waals surface area (Å²) in [6.07, 6.45) is 1.31. The lowest BCUT2D eigenvalue weighted by molar-refractivity contribution is -0.146. The van der Waals surface area contributed by atoms with Crippen LogP contribution < -0.4 is 5.32 Å². The predicted octanol–water partition coefficient (Wildman–Crippen LogP) is 2.78. The zero-order valence-electron chi connectivity index (χ0n) is 13.3. The molecule has 0 bridgehead atoms. The number of carbonyl (C=O) groups excluding carboxylic acids is 1. The number of carboxylic acids is 1. The van der Waals surface area contributed by atoms with Crippen molar-refractivity contribution in [2.75, 3.05) is 6.54 Å². The maximum absolute atomic E-state index is 12.3. The molecule has 116 valence electrons. The molecule has 0 aromatic rings. The lowest BCUT2D eigenvalue weighted by Gasteiger charge is -2.26. The van der Waals surface area contributed by atoms with Crippen molar-refractivity contribution in [3.05, 3.63) is 0 Å². The van der Waals surface area contributed by atoms with Gasteiger partial charge < -0.3 is 10.4 Å². The Morgan fingerprint density at radius 3 is 2.05 bits per heavy atom. The summed E-state index contributed by atoms with van der Waals surface area (Å²) in [4.78, 5) is 23.5. The Morgan fingerprint density at radius 2 is 1.60 bits per heavy atom. The second kappa shape index (κ2) is 7.09. The average Bonchev–Trinajstić information content (AvgIpc) is 2.70. The Morgan fingerprint density at radius 1 is 1.10 bits per heavy atom. The van der Waals surface area contributed by atoms with Crippen LogP contribution in [0.4, 0.5) is 0 Å². The highest BCUT2D eigenvalue weighted by Gasteiger charge is 2.41. The van der Waals surface area contributed by atoms with Crippen molar-refractivity contribution >= 4 is 11.9 Å². The second-order valence-electron chi connectivity index (χ2n) is 7.02. The molecule has 1 aliphatic rings. The molecule has 1 aliphatic carbocycles. The summed E-state index contributed by atoms with van der Waals surface area (Å²) in [7, 11) is 0. The van der Waals surface area contributed by atoms with Gasteiger partial charge in [0, 0.05) is 6.54 Å². The van der Waals surface area contributed by atoms with Crippen LogP contribution in [0, 0.1) is 35.5 Å². The fourth-order valence-corrected chi connectivity index (χ4v) is 3.45. The molecule has 0 aromatic heterocycles. The van der Waals surface area contributed by atoms with Gasteiger partial charge in [0.15, 0.2) is 0 Å². The Kier molecular flexibility index (Phi) is 6.03. The molecular formula is C16H29NO3. The zero-order valence-corrected chi connectivity index (χ0v) is 13.3. The largest absolute Gasteiger partial charge is 0.481 e. The van der Waals surface area contributed by atoms with Crippen LogP contribution in [0.2, 0.25) is 0 Å². The molecule has 0 spiro atoms. The summed E-state index contributed by atoms with van der Waals surface area (Å²) >= 11 is 0. The third kappa shape index (κ3) is 4.22. The third-order valence-corrected chi connectivity index (χ3v) is 4.68. The van der Waals surface area contributed by atoms with Crippen LogP contribution in [0.1, 0.15) is 47.5 Å². The first-order valence-electron chi connectivity index (χ1n) is 7.74. The highest BCUT2D eigenvalue weighted by molar-refractivity contribution is 5.85. The zero-order chi connectivity index (χ0) is 15.4. The molecule has 4 heteroatoms. The molecule has 1 amide bonds. The molecule has 0 radical (unpaired) electrons. The van der Waals surface area contributed by atoms with Gasteiger partial charge >= 0.3 is 5.97 Å². The maximum atomic E-state index is 12.3. The van der Waals surface area contributed by atoms with Gasteiger partial charge in [0.1, 0.15) is 0 Å². The number of nitrogens with one attached hydrogen (secondary N) is 1. The number of hydrogen-bond donors (Lipinski definition) is 2. The Bertz CT molecular complexity index is 344. The summed E-state index contributed by atoms with van der Waals surface area (Å²) in [5, 5.41) is 12.2. The van der Waals surface area contributed by atoms with E-state index in [-0.39, 0.29) is 11.8 Å². The molecule has 1 saturated carbocycles. The summed E-state index contributed by atoms with van der Waals surface area (Å²) in [5.41, 5.74) is 0. The molecule has 0 aromatic carbocycles. The number of amides is 1. The standard InChI is InChI=1S/C16H29NO3/c1-9(2)14(10(3)4)8-17-15(18)12-6-11(5)7-13(12)16(19)20/h9-14H,6-8H2,1-5H3,(H,17,18)(H,19,20). The van der Waals surface area contributed by atoms with Crippen LogP contribution in [0.15, 0.2) is 0 Å². The normalized spacial score (nSPS) is 26.5. The van der Waals surface area contributed by atoms with Gasteiger partial charge in [-0.1, -0.05) is 34.6 Å². The first-order chi connectivity index (χ1) is 9.23. The molecule has 1 rings (SSSR count). The molecular weight excluding hydrogens is 254 g/mol.